The largest absolute Gasteiger partial charge is 0.375 e. The van der Waals surface area contributed by atoms with Crippen molar-refractivity contribution in [3.8, 4) is 0 Å². The predicted octanol–water partition coefficient (Wildman–Crippen LogP) is 3.64. The third-order valence-corrected chi connectivity index (χ3v) is 3.88. The number of nitrogens with zero attached hydrogens (tertiary/aromatic N) is 3. The average molecular weight is 326 g/mol. The summed E-state index contributed by atoms with van der Waals surface area (Å²) in [5.41, 5.74) is 2.46. The van der Waals surface area contributed by atoms with Gasteiger partial charge in [0.2, 0.25) is 0 Å². The van der Waals surface area contributed by atoms with Crippen molar-refractivity contribution in [3.63, 3.8) is 0 Å². The number of anilines is 3. The molecule has 24 heavy (non-hydrogen) atoms. The van der Waals surface area contributed by atoms with E-state index in [1.807, 2.05) is 55.4 Å². The predicted molar refractivity (Wildman–Crippen MR) is 101 cm³/mol. The Bertz CT molecular complexity index is 667. The summed E-state index contributed by atoms with van der Waals surface area (Å²) in [4.78, 5) is 20.8. The molecule has 0 atom stereocenters. The number of carbonyl (C=O) groups is 1. The zero-order valence-corrected chi connectivity index (χ0v) is 14.9. The van der Waals surface area contributed by atoms with Gasteiger partial charge in [-0.1, -0.05) is 13.3 Å². The van der Waals surface area contributed by atoms with E-state index in [0.717, 1.165) is 24.5 Å². The third-order valence-electron chi connectivity index (χ3n) is 3.88. The summed E-state index contributed by atoms with van der Waals surface area (Å²) < 4.78 is 0. The second kappa shape index (κ2) is 8.34. The fourth-order valence-corrected chi connectivity index (χ4v) is 2.44. The number of unbranched alkanes of at least 4 members (excludes halogenated alkanes) is 1. The number of pyridine rings is 1. The van der Waals surface area contributed by atoms with E-state index in [1.165, 1.54) is 6.42 Å². The van der Waals surface area contributed by atoms with E-state index in [4.69, 9.17) is 0 Å². The molecule has 1 N–H and O–H groups in total. The van der Waals surface area contributed by atoms with Crippen LogP contribution in [0.2, 0.25) is 0 Å². The summed E-state index contributed by atoms with van der Waals surface area (Å²) in [6, 6.07) is 11.4. The average Bonchev–Trinajstić information content (AvgIpc) is 2.60. The van der Waals surface area contributed by atoms with Crippen LogP contribution in [0, 0.1) is 0 Å². The first-order chi connectivity index (χ1) is 11.5. The minimum atomic E-state index is -0.131. The highest BCUT2D eigenvalue weighted by atomic mass is 16.1. The van der Waals surface area contributed by atoms with Crippen LogP contribution in [-0.2, 0) is 0 Å². The van der Waals surface area contributed by atoms with Crippen molar-refractivity contribution in [1.82, 2.24) is 4.98 Å². The Morgan fingerprint density at radius 1 is 1.12 bits per heavy atom. The molecular weight excluding hydrogens is 300 g/mol. The van der Waals surface area contributed by atoms with Crippen LogP contribution in [0.5, 0.6) is 0 Å². The van der Waals surface area contributed by atoms with E-state index in [1.54, 1.807) is 6.20 Å². The zero-order valence-electron chi connectivity index (χ0n) is 14.9. The van der Waals surface area contributed by atoms with E-state index in [2.05, 4.69) is 29.2 Å². The fraction of sp³-hybridized carbons (Fsp3) is 0.368. The first-order valence-corrected chi connectivity index (χ1v) is 8.27. The molecule has 5 heteroatoms. The first-order valence-electron chi connectivity index (χ1n) is 8.27. The van der Waals surface area contributed by atoms with Crippen LogP contribution in [0.1, 0.15) is 30.1 Å². The van der Waals surface area contributed by atoms with Crippen molar-refractivity contribution in [2.45, 2.75) is 19.8 Å². The molecule has 1 aromatic heterocycles. The van der Waals surface area contributed by atoms with Gasteiger partial charge >= 0.3 is 0 Å². The second-order valence-corrected chi connectivity index (χ2v) is 6.05. The summed E-state index contributed by atoms with van der Waals surface area (Å²) >= 11 is 0. The Morgan fingerprint density at radius 2 is 1.83 bits per heavy atom. The molecule has 1 heterocycles. The number of amides is 1. The number of carbonyl (C=O) groups excluding carboxylic acids is 1. The Balaban J connectivity index is 2.08. The smallest absolute Gasteiger partial charge is 0.255 e. The van der Waals surface area contributed by atoms with E-state index < -0.39 is 0 Å². The molecule has 0 fully saturated rings. The monoisotopic (exact) mass is 326 g/mol. The molecule has 2 aromatic rings. The van der Waals surface area contributed by atoms with Gasteiger partial charge in [-0.2, -0.15) is 0 Å². The highest BCUT2D eigenvalue weighted by Gasteiger charge is 2.11. The van der Waals surface area contributed by atoms with Crippen molar-refractivity contribution >= 4 is 23.1 Å². The molecule has 1 amide bonds. The molecule has 0 bridgehead atoms. The van der Waals surface area contributed by atoms with Gasteiger partial charge in [-0.05, 0) is 42.8 Å². The first kappa shape index (κ1) is 17.8. The quantitative estimate of drug-likeness (QED) is 0.844. The van der Waals surface area contributed by atoms with Gasteiger partial charge in [0, 0.05) is 45.1 Å². The second-order valence-electron chi connectivity index (χ2n) is 6.05. The lowest BCUT2D eigenvalue weighted by molar-refractivity contribution is 0.102. The number of benzene rings is 1. The van der Waals surface area contributed by atoms with E-state index in [0.29, 0.717) is 11.3 Å². The zero-order chi connectivity index (χ0) is 17.5. The number of nitrogens with one attached hydrogen (secondary N) is 1. The van der Waals surface area contributed by atoms with Gasteiger partial charge in [0.15, 0.2) is 5.82 Å². The van der Waals surface area contributed by atoms with Gasteiger partial charge in [-0.3, -0.25) is 4.79 Å². The molecule has 0 aliphatic heterocycles. The van der Waals surface area contributed by atoms with Crippen LogP contribution in [-0.4, -0.2) is 38.6 Å². The van der Waals surface area contributed by atoms with Gasteiger partial charge < -0.3 is 15.1 Å². The minimum absolute atomic E-state index is 0.131. The van der Waals surface area contributed by atoms with E-state index in [9.17, 15) is 4.79 Å². The maximum atomic E-state index is 12.5. The third kappa shape index (κ3) is 4.47. The van der Waals surface area contributed by atoms with Crippen molar-refractivity contribution in [2.24, 2.45) is 0 Å². The summed E-state index contributed by atoms with van der Waals surface area (Å²) in [5.74, 6) is 0.607. The number of aromatic nitrogens is 1. The highest BCUT2D eigenvalue weighted by molar-refractivity contribution is 6.05. The fourth-order valence-electron chi connectivity index (χ4n) is 2.44. The number of hydrogen-bond donors (Lipinski definition) is 1. The lowest BCUT2D eigenvalue weighted by atomic mass is 10.1. The Morgan fingerprint density at radius 3 is 2.46 bits per heavy atom. The molecule has 1 aromatic carbocycles. The molecule has 0 saturated heterocycles. The van der Waals surface area contributed by atoms with Gasteiger partial charge in [-0.25, -0.2) is 4.98 Å². The maximum absolute atomic E-state index is 12.5. The van der Waals surface area contributed by atoms with Crippen molar-refractivity contribution in [3.05, 3.63) is 48.2 Å². The molecular formula is C19H26N4O. The molecule has 0 saturated carbocycles. The highest BCUT2D eigenvalue weighted by Crippen LogP contribution is 2.22. The molecule has 0 unspecified atom stereocenters. The Kier molecular flexibility index (Phi) is 6.18. The molecule has 2 rings (SSSR count). The SMILES string of the molecule is CCCCN(C)c1ccc(C(=O)Nc2cccnc2N(C)C)cc1. The van der Waals surface area contributed by atoms with E-state index >= 15 is 0 Å². The van der Waals surface area contributed by atoms with Crippen molar-refractivity contribution < 1.29 is 4.79 Å². The molecule has 5 nitrogen and oxygen atoms in total. The standard InChI is InChI=1S/C19H26N4O/c1-5-6-14-23(4)16-11-9-15(10-12-16)19(24)21-17-8-7-13-20-18(17)22(2)3/h7-13H,5-6,14H2,1-4H3,(H,21,24). The lowest BCUT2D eigenvalue weighted by Crippen LogP contribution is -2.19. The van der Waals surface area contributed by atoms with Gasteiger partial charge in [0.05, 0.1) is 5.69 Å². The Hall–Kier alpha value is -2.56. The lowest BCUT2D eigenvalue weighted by Gasteiger charge is -2.19. The summed E-state index contributed by atoms with van der Waals surface area (Å²) in [6.45, 7) is 3.20. The van der Waals surface area contributed by atoms with Crippen LogP contribution in [0.15, 0.2) is 42.6 Å². The minimum Gasteiger partial charge on any atom is -0.375 e. The van der Waals surface area contributed by atoms with Crippen LogP contribution in [0.3, 0.4) is 0 Å². The number of rotatable bonds is 7. The van der Waals surface area contributed by atoms with Gasteiger partial charge in [0.1, 0.15) is 0 Å². The van der Waals surface area contributed by atoms with Gasteiger partial charge in [0.25, 0.3) is 5.91 Å². The number of hydrogen-bond acceptors (Lipinski definition) is 4. The van der Waals surface area contributed by atoms with Crippen LogP contribution in [0.4, 0.5) is 17.2 Å². The van der Waals surface area contributed by atoms with Crippen LogP contribution < -0.4 is 15.1 Å². The van der Waals surface area contributed by atoms with Gasteiger partial charge in [-0.15, -0.1) is 0 Å². The summed E-state index contributed by atoms with van der Waals surface area (Å²) in [7, 11) is 5.88. The van der Waals surface area contributed by atoms with Crippen molar-refractivity contribution in [1.29, 1.82) is 0 Å². The molecule has 0 aliphatic carbocycles. The topological polar surface area (TPSA) is 48.5 Å². The molecule has 128 valence electrons. The molecule has 0 aliphatic rings. The normalized spacial score (nSPS) is 10.3. The Labute approximate surface area is 144 Å². The molecule has 0 radical (unpaired) electrons. The van der Waals surface area contributed by atoms with Crippen LogP contribution in [0.25, 0.3) is 0 Å². The summed E-state index contributed by atoms with van der Waals surface area (Å²) in [5, 5.41) is 2.93. The maximum Gasteiger partial charge on any atom is 0.255 e. The summed E-state index contributed by atoms with van der Waals surface area (Å²) in [6.07, 6.45) is 4.04. The van der Waals surface area contributed by atoms with Crippen molar-refractivity contribution in [2.75, 3.05) is 42.8 Å². The molecule has 0 spiro atoms. The van der Waals surface area contributed by atoms with E-state index in [-0.39, 0.29) is 5.91 Å². The van der Waals surface area contributed by atoms with Crippen LogP contribution >= 0.6 is 0 Å².